The van der Waals surface area contributed by atoms with Crippen LogP contribution in [0.5, 0.6) is 0 Å². The van der Waals surface area contributed by atoms with Crippen LogP contribution in [-0.4, -0.2) is 26.2 Å². The summed E-state index contributed by atoms with van der Waals surface area (Å²) in [7, 11) is 2.77. The van der Waals surface area contributed by atoms with Crippen LogP contribution in [0.2, 0.25) is 0 Å². The molecule has 0 saturated heterocycles. The van der Waals surface area contributed by atoms with E-state index in [1.807, 2.05) is 50.2 Å². The molecular weight excluding hydrogens is 400 g/mol. The first kappa shape index (κ1) is 21.3. The molecule has 4 aromatic rings. The normalized spacial score (nSPS) is 10.8. The molecule has 4 rings (SSSR count). The molecule has 0 unspecified atom stereocenters. The van der Waals surface area contributed by atoms with Crippen LogP contribution in [0, 0.1) is 13.8 Å². The van der Waals surface area contributed by atoms with Gasteiger partial charge in [0.25, 0.3) is 0 Å². The van der Waals surface area contributed by atoms with Gasteiger partial charge in [-0.25, -0.2) is 9.59 Å². The number of methoxy groups -OCH3 is 2. The number of esters is 2. The Hall–Kier alpha value is -3.92. The van der Waals surface area contributed by atoms with Crippen molar-refractivity contribution in [3.63, 3.8) is 0 Å². The SMILES string of the molecule is COC(=O)c1ccc(-c2cccc3cccc(-c4ccc(C(=O)OC)cc4C)c23)c(C)c1. The van der Waals surface area contributed by atoms with Gasteiger partial charge in [-0.15, -0.1) is 0 Å². The molecular formula is C28H24O4. The Morgan fingerprint density at radius 1 is 0.594 bits per heavy atom. The Labute approximate surface area is 187 Å². The van der Waals surface area contributed by atoms with Crippen molar-refractivity contribution in [3.05, 3.63) is 95.1 Å². The summed E-state index contributed by atoms with van der Waals surface area (Å²) >= 11 is 0. The number of fused-ring (bicyclic) bond motifs is 1. The Morgan fingerprint density at radius 3 is 1.41 bits per heavy atom. The van der Waals surface area contributed by atoms with E-state index in [1.54, 1.807) is 12.1 Å². The molecule has 0 aliphatic rings. The molecule has 32 heavy (non-hydrogen) atoms. The molecule has 0 aromatic heterocycles. The first-order chi connectivity index (χ1) is 15.4. The van der Waals surface area contributed by atoms with E-state index >= 15 is 0 Å². The first-order valence-electron chi connectivity index (χ1n) is 10.3. The van der Waals surface area contributed by atoms with Crippen LogP contribution in [0.15, 0.2) is 72.8 Å². The summed E-state index contributed by atoms with van der Waals surface area (Å²) in [6.07, 6.45) is 0. The highest BCUT2D eigenvalue weighted by Gasteiger charge is 2.16. The summed E-state index contributed by atoms with van der Waals surface area (Å²) in [6, 6.07) is 23.7. The van der Waals surface area contributed by atoms with Crippen molar-refractivity contribution in [1.29, 1.82) is 0 Å². The van der Waals surface area contributed by atoms with Gasteiger partial charge in [-0.2, -0.15) is 0 Å². The molecule has 0 bridgehead atoms. The number of rotatable bonds is 4. The van der Waals surface area contributed by atoms with Gasteiger partial charge in [-0.05, 0) is 82.3 Å². The minimum atomic E-state index is -0.348. The minimum Gasteiger partial charge on any atom is -0.465 e. The summed E-state index contributed by atoms with van der Waals surface area (Å²) in [5.41, 5.74) is 7.33. The molecule has 0 atom stereocenters. The van der Waals surface area contributed by atoms with E-state index in [1.165, 1.54) is 14.2 Å². The molecule has 0 aliphatic heterocycles. The quantitative estimate of drug-likeness (QED) is 0.358. The second-order valence-corrected chi connectivity index (χ2v) is 7.75. The molecule has 0 fully saturated rings. The second-order valence-electron chi connectivity index (χ2n) is 7.75. The average molecular weight is 424 g/mol. The molecule has 4 nitrogen and oxygen atoms in total. The maximum Gasteiger partial charge on any atom is 0.337 e. The van der Waals surface area contributed by atoms with Crippen molar-refractivity contribution in [2.75, 3.05) is 14.2 Å². The third kappa shape index (κ3) is 3.76. The van der Waals surface area contributed by atoms with Gasteiger partial charge in [0.05, 0.1) is 25.3 Å². The summed E-state index contributed by atoms with van der Waals surface area (Å²) in [4.78, 5) is 23.9. The molecule has 4 aromatic carbocycles. The van der Waals surface area contributed by atoms with Gasteiger partial charge >= 0.3 is 11.9 Å². The predicted octanol–water partition coefficient (Wildman–Crippen LogP) is 6.36. The van der Waals surface area contributed by atoms with Crippen LogP contribution >= 0.6 is 0 Å². The van der Waals surface area contributed by atoms with Gasteiger partial charge < -0.3 is 9.47 Å². The van der Waals surface area contributed by atoms with Gasteiger partial charge in [0.1, 0.15) is 0 Å². The lowest BCUT2D eigenvalue weighted by molar-refractivity contribution is 0.0592. The van der Waals surface area contributed by atoms with Crippen LogP contribution in [-0.2, 0) is 9.47 Å². The fourth-order valence-electron chi connectivity index (χ4n) is 4.21. The van der Waals surface area contributed by atoms with E-state index in [2.05, 4.69) is 24.3 Å². The molecule has 0 amide bonds. The Kier molecular flexibility index (Phi) is 5.78. The molecule has 0 aliphatic carbocycles. The standard InChI is InChI=1S/C28H24O4/c1-17-15-20(27(29)31-3)11-13-22(17)24-9-5-7-19-8-6-10-25(26(19)24)23-14-12-21(16-18(23)2)28(30)32-4/h5-16H,1-4H3. The van der Waals surface area contributed by atoms with Crippen LogP contribution < -0.4 is 0 Å². The topological polar surface area (TPSA) is 52.6 Å². The summed E-state index contributed by atoms with van der Waals surface area (Å²) in [5, 5.41) is 2.24. The fraction of sp³-hybridized carbons (Fsp3) is 0.143. The lowest BCUT2D eigenvalue weighted by atomic mass is 9.88. The maximum atomic E-state index is 11.9. The third-order valence-corrected chi connectivity index (χ3v) is 5.78. The van der Waals surface area contributed by atoms with Crippen LogP contribution in [0.25, 0.3) is 33.0 Å². The highest BCUT2D eigenvalue weighted by Crippen LogP contribution is 2.39. The number of carbonyl (C=O) groups excluding carboxylic acids is 2. The van der Waals surface area contributed by atoms with E-state index < -0.39 is 0 Å². The number of hydrogen-bond donors (Lipinski definition) is 0. The first-order valence-corrected chi connectivity index (χ1v) is 10.3. The van der Waals surface area contributed by atoms with E-state index in [4.69, 9.17) is 9.47 Å². The van der Waals surface area contributed by atoms with Crippen molar-refractivity contribution < 1.29 is 19.1 Å². The molecule has 0 spiro atoms. The molecule has 0 heterocycles. The lowest BCUT2D eigenvalue weighted by Crippen LogP contribution is -2.02. The number of carbonyl (C=O) groups is 2. The number of aryl methyl sites for hydroxylation is 2. The van der Waals surface area contributed by atoms with Crippen molar-refractivity contribution >= 4 is 22.7 Å². The van der Waals surface area contributed by atoms with Gasteiger partial charge in [0.2, 0.25) is 0 Å². The molecule has 0 N–H and O–H groups in total. The monoisotopic (exact) mass is 424 g/mol. The maximum absolute atomic E-state index is 11.9. The molecule has 0 radical (unpaired) electrons. The zero-order chi connectivity index (χ0) is 22.8. The predicted molar refractivity (Wildman–Crippen MR) is 127 cm³/mol. The molecule has 160 valence electrons. The Bertz CT molecular complexity index is 1250. The summed E-state index contributed by atoms with van der Waals surface area (Å²) < 4.78 is 9.72. The van der Waals surface area contributed by atoms with E-state index in [0.29, 0.717) is 11.1 Å². The van der Waals surface area contributed by atoms with Crippen molar-refractivity contribution in [2.45, 2.75) is 13.8 Å². The van der Waals surface area contributed by atoms with Crippen molar-refractivity contribution in [2.24, 2.45) is 0 Å². The van der Waals surface area contributed by atoms with Gasteiger partial charge in [-0.1, -0.05) is 48.5 Å². The third-order valence-electron chi connectivity index (χ3n) is 5.78. The molecule has 4 heteroatoms. The minimum absolute atomic E-state index is 0.348. The lowest BCUT2D eigenvalue weighted by Gasteiger charge is -2.16. The largest absolute Gasteiger partial charge is 0.465 e. The highest BCUT2D eigenvalue weighted by atomic mass is 16.5. The second kappa shape index (κ2) is 8.67. The highest BCUT2D eigenvalue weighted by molar-refractivity contribution is 6.07. The average Bonchev–Trinajstić information content (AvgIpc) is 2.82. The summed E-state index contributed by atoms with van der Waals surface area (Å²) in [5.74, 6) is -0.695. The smallest absolute Gasteiger partial charge is 0.337 e. The fourth-order valence-corrected chi connectivity index (χ4v) is 4.21. The van der Waals surface area contributed by atoms with E-state index in [9.17, 15) is 9.59 Å². The number of benzene rings is 4. The van der Waals surface area contributed by atoms with Crippen LogP contribution in [0.4, 0.5) is 0 Å². The summed E-state index contributed by atoms with van der Waals surface area (Å²) in [6.45, 7) is 4.00. The van der Waals surface area contributed by atoms with Crippen molar-refractivity contribution in [1.82, 2.24) is 0 Å². The van der Waals surface area contributed by atoms with Gasteiger partial charge in [-0.3, -0.25) is 0 Å². The van der Waals surface area contributed by atoms with Crippen molar-refractivity contribution in [3.8, 4) is 22.3 Å². The van der Waals surface area contributed by atoms with E-state index in [0.717, 1.165) is 44.2 Å². The van der Waals surface area contributed by atoms with Gasteiger partial charge in [0.15, 0.2) is 0 Å². The molecule has 0 saturated carbocycles. The van der Waals surface area contributed by atoms with Crippen LogP contribution in [0.3, 0.4) is 0 Å². The Morgan fingerprint density at radius 2 is 1.03 bits per heavy atom. The van der Waals surface area contributed by atoms with Gasteiger partial charge in [0, 0.05) is 0 Å². The zero-order valence-corrected chi connectivity index (χ0v) is 18.6. The number of hydrogen-bond acceptors (Lipinski definition) is 4. The zero-order valence-electron chi connectivity index (χ0n) is 18.6. The number of ether oxygens (including phenoxy) is 2. The van der Waals surface area contributed by atoms with Crippen LogP contribution in [0.1, 0.15) is 31.8 Å². The Balaban J connectivity index is 1.93. The van der Waals surface area contributed by atoms with E-state index in [-0.39, 0.29) is 11.9 Å².